The van der Waals surface area contributed by atoms with Gasteiger partial charge in [-0.25, -0.2) is 0 Å². The number of hydrogen-bond donors (Lipinski definition) is 1. The maximum atomic E-state index is 3.70. The van der Waals surface area contributed by atoms with Gasteiger partial charge in [-0.15, -0.1) is 6.58 Å². The molecule has 0 heterocycles. The Morgan fingerprint density at radius 1 is 1.55 bits per heavy atom. The second kappa shape index (κ2) is 6.38. The number of nitrogens with one attached hydrogen (secondary N) is 1. The Morgan fingerprint density at radius 3 is 2.64 bits per heavy atom. The molecule has 66 valence electrons. The van der Waals surface area contributed by atoms with Gasteiger partial charge in [0.1, 0.15) is 0 Å². The molecule has 0 bridgehead atoms. The Bertz CT molecular complexity index is 99.7. The van der Waals surface area contributed by atoms with Gasteiger partial charge in [0.05, 0.1) is 0 Å². The molecule has 0 aliphatic rings. The zero-order valence-electron chi connectivity index (χ0n) is 7.93. The van der Waals surface area contributed by atoms with Crippen LogP contribution < -0.4 is 5.32 Å². The molecule has 2 nitrogen and oxygen atoms in total. The second-order valence-electron chi connectivity index (χ2n) is 3.14. The van der Waals surface area contributed by atoms with Crippen LogP contribution in [0.2, 0.25) is 0 Å². The highest BCUT2D eigenvalue weighted by atomic mass is 15.1. The van der Waals surface area contributed by atoms with E-state index in [1.165, 1.54) is 6.42 Å². The molecule has 11 heavy (non-hydrogen) atoms. The van der Waals surface area contributed by atoms with E-state index in [1.54, 1.807) is 0 Å². The van der Waals surface area contributed by atoms with E-state index >= 15 is 0 Å². The molecule has 1 unspecified atom stereocenters. The van der Waals surface area contributed by atoms with Crippen LogP contribution in [-0.4, -0.2) is 38.1 Å². The predicted molar refractivity (Wildman–Crippen MR) is 50.8 cm³/mol. The van der Waals surface area contributed by atoms with Crippen LogP contribution in [0.3, 0.4) is 0 Å². The van der Waals surface area contributed by atoms with Crippen molar-refractivity contribution in [1.29, 1.82) is 0 Å². The van der Waals surface area contributed by atoms with Gasteiger partial charge in [0.15, 0.2) is 0 Å². The van der Waals surface area contributed by atoms with E-state index in [-0.39, 0.29) is 0 Å². The molecule has 0 aliphatic carbocycles. The summed E-state index contributed by atoms with van der Waals surface area (Å²) in [6.45, 7) is 8.04. The van der Waals surface area contributed by atoms with Crippen LogP contribution >= 0.6 is 0 Å². The molecule has 2 heteroatoms. The van der Waals surface area contributed by atoms with Crippen molar-refractivity contribution >= 4 is 0 Å². The lowest BCUT2D eigenvalue weighted by molar-refractivity contribution is 0.392. The first-order valence-corrected chi connectivity index (χ1v) is 4.17. The maximum absolute atomic E-state index is 3.70. The van der Waals surface area contributed by atoms with Gasteiger partial charge in [-0.1, -0.05) is 6.08 Å². The molecule has 0 fully saturated rings. The summed E-state index contributed by atoms with van der Waals surface area (Å²) < 4.78 is 0. The van der Waals surface area contributed by atoms with E-state index in [4.69, 9.17) is 0 Å². The molecule has 0 aromatic heterocycles. The highest BCUT2D eigenvalue weighted by molar-refractivity contribution is 4.80. The first-order chi connectivity index (χ1) is 5.16. The molecule has 0 aromatic rings. The Kier molecular flexibility index (Phi) is 6.18. The monoisotopic (exact) mass is 156 g/mol. The molecule has 0 saturated carbocycles. The summed E-state index contributed by atoms with van der Waals surface area (Å²) in [6, 6.07) is 0.442. The van der Waals surface area contributed by atoms with Gasteiger partial charge in [0.2, 0.25) is 0 Å². The molecule has 0 rings (SSSR count). The Balaban J connectivity index is 3.07. The van der Waals surface area contributed by atoms with Gasteiger partial charge in [0.25, 0.3) is 0 Å². The van der Waals surface area contributed by atoms with Crippen LogP contribution in [-0.2, 0) is 0 Å². The molecule has 0 spiro atoms. The van der Waals surface area contributed by atoms with Crippen molar-refractivity contribution in [1.82, 2.24) is 10.2 Å². The summed E-state index contributed by atoms with van der Waals surface area (Å²) in [5.41, 5.74) is 0. The average molecular weight is 156 g/mol. The molecular formula is C9H20N2. The minimum atomic E-state index is 0.442. The molecule has 1 N–H and O–H groups in total. The molecule has 0 radical (unpaired) electrons. The fraction of sp³-hybridized carbons (Fsp3) is 0.778. The van der Waals surface area contributed by atoms with Gasteiger partial charge in [-0.05, 0) is 40.5 Å². The highest BCUT2D eigenvalue weighted by Gasteiger charge is 1.93. The van der Waals surface area contributed by atoms with E-state index in [9.17, 15) is 0 Å². The Morgan fingerprint density at radius 2 is 2.18 bits per heavy atom. The van der Waals surface area contributed by atoms with Crippen LogP contribution in [0.1, 0.15) is 13.3 Å². The van der Waals surface area contributed by atoms with E-state index in [1.807, 2.05) is 6.08 Å². The Labute approximate surface area is 70.3 Å². The quantitative estimate of drug-likeness (QED) is 0.457. The molecule has 0 aromatic carbocycles. The van der Waals surface area contributed by atoms with Crippen molar-refractivity contribution < 1.29 is 0 Å². The van der Waals surface area contributed by atoms with Crippen molar-refractivity contribution in [3.63, 3.8) is 0 Å². The molecule has 0 saturated heterocycles. The van der Waals surface area contributed by atoms with Crippen LogP contribution in [0, 0.1) is 0 Å². The first kappa shape index (κ1) is 10.7. The molecule has 0 aliphatic heterocycles. The summed E-state index contributed by atoms with van der Waals surface area (Å²) >= 11 is 0. The smallest absolute Gasteiger partial charge is 0.0219 e. The Hall–Kier alpha value is -0.340. The number of hydrogen-bond acceptors (Lipinski definition) is 2. The summed E-state index contributed by atoms with van der Waals surface area (Å²) in [7, 11) is 4.19. The average Bonchev–Trinajstić information content (AvgIpc) is 1.97. The minimum absolute atomic E-state index is 0.442. The largest absolute Gasteiger partial charge is 0.311 e. The van der Waals surface area contributed by atoms with Crippen LogP contribution in [0.15, 0.2) is 12.7 Å². The van der Waals surface area contributed by atoms with Crippen LogP contribution in [0.25, 0.3) is 0 Å². The normalized spacial score (nSPS) is 13.5. The van der Waals surface area contributed by atoms with Crippen LogP contribution in [0.5, 0.6) is 0 Å². The third-order valence-electron chi connectivity index (χ3n) is 1.60. The SMILES string of the molecule is C=CC(C)NCCCN(C)C. The molecule has 0 amide bonds. The third-order valence-corrected chi connectivity index (χ3v) is 1.60. The van der Waals surface area contributed by atoms with Crippen molar-refractivity contribution in [3.05, 3.63) is 12.7 Å². The first-order valence-electron chi connectivity index (χ1n) is 4.17. The van der Waals surface area contributed by atoms with Gasteiger partial charge in [0, 0.05) is 6.04 Å². The topological polar surface area (TPSA) is 15.3 Å². The van der Waals surface area contributed by atoms with Crippen molar-refractivity contribution in [2.45, 2.75) is 19.4 Å². The molecular weight excluding hydrogens is 136 g/mol. The lowest BCUT2D eigenvalue weighted by Crippen LogP contribution is -2.27. The number of rotatable bonds is 6. The van der Waals surface area contributed by atoms with Gasteiger partial charge >= 0.3 is 0 Å². The van der Waals surface area contributed by atoms with Gasteiger partial charge < -0.3 is 10.2 Å². The van der Waals surface area contributed by atoms with E-state index in [0.29, 0.717) is 6.04 Å². The van der Waals surface area contributed by atoms with Crippen molar-refractivity contribution in [2.24, 2.45) is 0 Å². The van der Waals surface area contributed by atoms with E-state index < -0.39 is 0 Å². The maximum Gasteiger partial charge on any atom is 0.0219 e. The summed E-state index contributed by atoms with van der Waals surface area (Å²) in [5, 5.41) is 3.34. The van der Waals surface area contributed by atoms with Crippen LogP contribution in [0.4, 0.5) is 0 Å². The van der Waals surface area contributed by atoms with Gasteiger partial charge in [-0.2, -0.15) is 0 Å². The summed E-state index contributed by atoms with van der Waals surface area (Å²) in [5.74, 6) is 0. The lowest BCUT2D eigenvalue weighted by Gasteiger charge is -2.11. The summed E-state index contributed by atoms with van der Waals surface area (Å²) in [4.78, 5) is 2.19. The standard InChI is InChI=1S/C9H20N2/c1-5-9(2)10-7-6-8-11(3)4/h5,9-10H,1,6-8H2,2-4H3. The number of nitrogens with zero attached hydrogens (tertiary/aromatic N) is 1. The predicted octanol–water partition coefficient (Wildman–Crippen LogP) is 1.10. The third kappa shape index (κ3) is 7.56. The fourth-order valence-corrected chi connectivity index (χ4v) is 0.808. The second-order valence-corrected chi connectivity index (χ2v) is 3.14. The van der Waals surface area contributed by atoms with Crippen molar-refractivity contribution in [2.75, 3.05) is 27.2 Å². The van der Waals surface area contributed by atoms with Crippen molar-refractivity contribution in [3.8, 4) is 0 Å². The van der Waals surface area contributed by atoms with E-state index in [0.717, 1.165) is 13.1 Å². The summed E-state index contributed by atoms with van der Waals surface area (Å²) in [6.07, 6.45) is 3.13. The zero-order chi connectivity index (χ0) is 8.69. The lowest BCUT2D eigenvalue weighted by atomic mass is 10.3. The highest BCUT2D eigenvalue weighted by Crippen LogP contribution is 1.84. The fourth-order valence-electron chi connectivity index (χ4n) is 0.808. The molecule has 1 atom stereocenters. The van der Waals surface area contributed by atoms with Gasteiger partial charge in [-0.3, -0.25) is 0 Å². The van der Waals surface area contributed by atoms with E-state index in [2.05, 4.69) is 37.8 Å². The zero-order valence-corrected chi connectivity index (χ0v) is 7.93. The minimum Gasteiger partial charge on any atom is -0.311 e.